The molecule has 0 spiro atoms. The Kier molecular flexibility index (Phi) is 7.90. The number of carbonyl (C=O) groups is 1. The normalized spacial score (nSPS) is 27.8. The van der Waals surface area contributed by atoms with Gasteiger partial charge in [0.05, 0.1) is 25.0 Å². The molecule has 0 aromatic heterocycles. The van der Waals surface area contributed by atoms with Gasteiger partial charge in [-0.2, -0.15) is 5.01 Å². The molecule has 11 heteroatoms. The zero-order valence-electron chi connectivity index (χ0n) is 14.3. The molecule has 0 aliphatic carbocycles. The van der Waals surface area contributed by atoms with E-state index in [1.54, 1.807) is 30.3 Å². The lowest BCUT2D eigenvalue weighted by molar-refractivity contribution is -0.259. The summed E-state index contributed by atoms with van der Waals surface area (Å²) >= 11 is 5.59. The van der Waals surface area contributed by atoms with Gasteiger partial charge in [0.2, 0.25) is 0 Å². The van der Waals surface area contributed by atoms with Crippen LogP contribution in [-0.4, -0.2) is 86.0 Å². The minimum atomic E-state index is -1.68. The van der Waals surface area contributed by atoms with Crippen molar-refractivity contribution < 1.29 is 30.0 Å². The minimum absolute atomic E-state index is 0.0503. The Labute approximate surface area is 160 Å². The number of nitrogens with zero attached hydrogens (tertiary/aromatic N) is 3. The molecule has 0 saturated carbocycles. The first-order valence-electron chi connectivity index (χ1n) is 8.26. The van der Waals surface area contributed by atoms with E-state index in [1.807, 2.05) is 0 Å². The highest BCUT2D eigenvalue weighted by Gasteiger charge is 2.47. The van der Waals surface area contributed by atoms with Crippen molar-refractivity contribution in [2.24, 2.45) is 5.29 Å². The number of nitroso groups, excluding NO2 is 1. The van der Waals surface area contributed by atoms with Crippen molar-refractivity contribution in [3.63, 3.8) is 0 Å². The summed E-state index contributed by atoms with van der Waals surface area (Å²) in [5.74, 6) is -0.0503. The van der Waals surface area contributed by atoms with Gasteiger partial charge in [0, 0.05) is 5.88 Å². The quantitative estimate of drug-likeness (QED) is 0.276. The molecular weight excluding hydrogens is 382 g/mol. The number of aliphatic hydroxyl groups excluding tert-OH is 4. The molecular formula is C16H22ClN3O7. The van der Waals surface area contributed by atoms with Crippen LogP contribution in [0.25, 0.3) is 0 Å². The lowest BCUT2D eigenvalue weighted by Gasteiger charge is -2.44. The van der Waals surface area contributed by atoms with Gasteiger partial charge < -0.3 is 25.2 Å². The van der Waals surface area contributed by atoms with Crippen LogP contribution in [0.5, 0.6) is 0 Å². The maximum absolute atomic E-state index is 12.8. The van der Waals surface area contributed by atoms with E-state index < -0.39 is 43.3 Å². The largest absolute Gasteiger partial charge is 0.394 e. The highest BCUT2D eigenvalue weighted by molar-refractivity contribution is 6.18. The van der Waals surface area contributed by atoms with Crippen molar-refractivity contribution in [3.05, 3.63) is 40.8 Å². The number of ether oxygens (including phenoxy) is 1. The number of rotatable bonds is 7. The van der Waals surface area contributed by atoms with Crippen LogP contribution >= 0.6 is 11.6 Å². The molecule has 150 valence electrons. The van der Waals surface area contributed by atoms with Crippen molar-refractivity contribution in [3.8, 4) is 0 Å². The second-order valence-corrected chi connectivity index (χ2v) is 6.39. The molecule has 0 bridgehead atoms. The molecule has 1 aliphatic rings. The SMILES string of the molecule is O=NN(CCCl)C(=O)N(Cc1ccccc1)[C@@H]1O[C@H](CO)[C@H](O)[C@H](O)[C@H]1O. The fourth-order valence-electron chi connectivity index (χ4n) is 2.79. The number of alkyl halides is 1. The molecule has 0 unspecified atom stereocenters. The van der Waals surface area contributed by atoms with Crippen LogP contribution < -0.4 is 0 Å². The standard InChI is InChI=1S/C16H22ClN3O7/c17-6-7-20(18-26)16(25)19(8-10-4-2-1-3-5-10)15-14(24)13(23)12(22)11(9-21)27-15/h1-5,11-15,21-24H,6-9H2/t11-,12+,13+,14-,15-/m1/s1. The third-order valence-electron chi connectivity index (χ3n) is 4.23. The van der Waals surface area contributed by atoms with Gasteiger partial charge in [-0.25, -0.2) is 4.79 Å². The second kappa shape index (κ2) is 9.93. The van der Waals surface area contributed by atoms with Crippen molar-refractivity contribution in [1.82, 2.24) is 9.91 Å². The Morgan fingerprint density at radius 2 is 1.81 bits per heavy atom. The van der Waals surface area contributed by atoms with Crippen molar-refractivity contribution in [2.75, 3.05) is 19.0 Å². The summed E-state index contributed by atoms with van der Waals surface area (Å²) < 4.78 is 5.45. The first kappa shape index (κ1) is 21.5. The summed E-state index contributed by atoms with van der Waals surface area (Å²) in [5.41, 5.74) is 0.652. The highest BCUT2D eigenvalue weighted by Crippen LogP contribution is 2.26. The molecule has 27 heavy (non-hydrogen) atoms. The van der Waals surface area contributed by atoms with E-state index in [2.05, 4.69) is 5.29 Å². The molecule has 2 amide bonds. The maximum Gasteiger partial charge on any atom is 0.345 e. The molecule has 1 aromatic rings. The van der Waals surface area contributed by atoms with Crippen LogP contribution in [0, 0.1) is 4.91 Å². The van der Waals surface area contributed by atoms with E-state index in [9.17, 15) is 30.1 Å². The van der Waals surface area contributed by atoms with Crippen molar-refractivity contribution >= 4 is 17.6 Å². The third-order valence-corrected chi connectivity index (χ3v) is 4.40. The maximum atomic E-state index is 12.8. The van der Waals surface area contributed by atoms with Gasteiger partial charge in [0.25, 0.3) is 0 Å². The summed E-state index contributed by atoms with van der Waals surface area (Å²) in [6.45, 7) is -0.907. The number of halogens is 1. The number of carbonyl (C=O) groups excluding carboxylic acids is 1. The molecule has 0 radical (unpaired) electrons. The highest BCUT2D eigenvalue weighted by atomic mass is 35.5. The molecule has 1 fully saturated rings. The van der Waals surface area contributed by atoms with E-state index >= 15 is 0 Å². The topological polar surface area (TPSA) is 143 Å². The first-order chi connectivity index (χ1) is 12.9. The molecule has 1 saturated heterocycles. The lowest BCUT2D eigenvalue weighted by atomic mass is 9.97. The molecule has 1 heterocycles. The number of benzene rings is 1. The predicted octanol–water partition coefficient (Wildman–Crippen LogP) is -0.369. The van der Waals surface area contributed by atoms with Gasteiger partial charge in [-0.15, -0.1) is 16.5 Å². The fourth-order valence-corrected chi connectivity index (χ4v) is 2.95. The predicted molar refractivity (Wildman–Crippen MR) is 94.4 cm³/mol. The van der Waals surface area contributed by atoms with E-state index in [4.69, 9.17) is 16.3 Å². The van der Waals surface area contributed by atoms with Crippen LogP contribution in [0.4, 0.5) is 4.79 Å². The monoisotopic (exact) mass is 403 g/mol. The Morgan fingerprint density at radius 3 is 2.37 bits per heavy atom. The Bertz CT molecular complexity index is 621. The number of urea groups is 1. The summed E-state index contributed by atoms with van der Waals surface area (Å²) in [7, 11) is 0. The fraction of sp³-hybridized carbons (Fsp3) is 0.562. The van der Waals surface area contributed by atoms with Gasteiger partial charge in [-0.3, -0.25) is 4.90 Å². The number of hydrogen-bond donors (Lipinski definition) is 4. The Morgan fingerprint density at radius 1 is 1.15 bits per heavy atom. The van der Waals surface area contributed by atoms with Crippen molar-refractivity contribution in [2.45, 2.75) is 37.2 Å². The molecule has 2 rings (SSSR count). The van der Waals surface area contributed by atoms with Crippen molar-refractivity contribution in [1.29, 1.82) is 0 Å². The summed E-state index contributed by atoms with van der Waals surface area (Å²) in [4.78, 5) is 24.8. The van der Waals surface area contributed by atoms with E-state index in [-0.39, 0.29) is 19.0 Å². The number of hydrogen-bond acceptors (Lipinski definition) is 8. The molecule has 4 N–H and O–H groups in total. The van der Waals surface area contributed by atoms with Gasteiger partial charge >= 0.3 is 6.03 Å². The zero-order valence-corrected chi connectivity index (χ0v) is 15.1. The third kappa shape index (κ3) is 4.92. The van der Waals surface area contributed by atoms with Gasteiger partial charge in [0.15, 0.2) is 6.23 Å². The summed E-state index contributed by atoms with van der Waals surface area (Å²) in [6.07, 6.45) is -7.56. The average molecular weight is 404 g/mol. The van der Waals surface area contributed by atoms with Crippen LogP contribution in [0.1, 0.15) is 5.56 Å². The Hall–Kier alpha value is -1.82. The number of amides is 2. The van der Waals surface area contributed by atoms with E-state index in [1.165, 1.54) is 0 Å². The molecule has 1 aliphatic heterocycles. The smallest absolute Gasteiger partial charge is 0.345 e. The summed E-state index contributed by atoms with van der Waals surface area (Å²) in [6, 6.07) is 7.77. The molecule has 1 aromatic carbocycles. The van der Waals surface area contributed by atoms with Gasteiger partial charge in [0.1, 0.15) is 24.4 Å². The lowest BCUT2D eigenvalue weighted by Crippen LogP contribution is -2.64. The number of aliphatic hydroxyl groups is 4. The zero-order chi connectivity index (χ0) is 20.0. The van der Waals surface area contributed by atoms with Crippen LogP contribution in [0.2, 0.25) is 0 Å². The van der Waals surface area contributed by atoms with Gasteiger partial charge in [-0.1, -0.05) is 30.3 Å². The van der Waals surface area contributed by atoms with Gasteiger partial charge in [-0.05, 0) is 5.56 Å². The summed E-state index contributed by atoms with van der Waals surface area (Å²) in [5, 5.41) is 42.8. The molecule has 10 nitrogen and oxygen atoms in total. The van der Waals surface area contributed by atoms with Crippen LogP contribution in [-0.2, 0) is 11.3 Å². The average Bonchev–Trinajstić information content (AvgIpc) is 2.69. The minimum Gasteiger partial charge on any atom is -0.394 e. The first-order valence-corrected chi connectivity index (χ1v) is 8.79. The van der Waals surface area contributed by atoms with E-state index in [0.29, 0.717) is 10.6 Å². The molecule has 5 atom stereocenters. The van der Waals surface area contributed by atoms with Crippen LogP contribution in [0.3, 0.4) is 0 Å². The van der Waals surface area contributed by atoms with E-state index in [0.717, 1.165) is 4.90 Å². The second-order valence-electron chi connectivity index (χ2n) is 6.01. The Balaban J connectivity index is 2.35. The van der Waals surface area contributed by atoms with Crippen LogP contribution in [0.15, 0.2) is 35.6 Å².